The number of carbonyl (C=O) groups excluding carboxylic acids is 2. The van der Waals surface area contributed by atoms with Gasteiger partial charge in [-0.2, -0.15) is 11.8 Å². The Morgan fingerprint density at radius 1 is 1.35 bits per heavy atom. The van der Waals surface area contributed by atoms with Crippen LogP contribution in [0.15, 0.2) is 0 Å². The van der Waals surface area contributed by atoms with Crippen molar-refractivity contribution in [2.75, 3.05) is 32.2 Å². The standard InChI is InChI=1S/C11H22N2O3S/c1-9(14)13-10(11(15)16-2)8-12-6-4-5-7-17-3/h10,12H,4-8H2,1-3H3,(H,13,14). The molecule has 0 saturated heterocycles. The van der Waals surface area contributed by atoms with E-state index in [4.69, 9.17) is 0 Å². The number of thioether (sulfide) groups is 1. The molecule has 17 heavy (non-hydrogen) atoms. The van der Waals surface area contributed by atoms with E-state index in [2.05, 4.69) is 21.6 Å². The molecule has 1 amide bonds. The molecule has 0 radical (unpaired) electrons. The molecule has 1 atom stereocenters. The molecule has 5 nitrogen and oxygen atoms in total. The molecular formula is C11H22N2O3S. The van der Waals surface area contributed by atoms with Crippen LogP contribution in [-0.4, -0.2) is 50.1 Å². The summed E-state index contributed by atoms with van der Waals surface area (Å²) in [5, 5.41) is 5.69. The van der Waals surface area contributed by atoms with Crippen molar-refractivity contribution in [3.63, 3.8) is 0 Å². The van der Waals surface area contributed by atoms with E-state index < -0.39 is 12.0 Å². The minimum absolute atomic E-state index is 0.232. The van der Waals surface area contributed by atoms with E-state index in [1.807, 2.05) is 11.8 Å². The molecule has 0 saturated carbocycles. The van der Waals surface area contributed by atoms with E-state index in [1.165, 1.54) is 14.0 Å². The summed E-state index contributed by atoms with van der Waals surface area (Å²) in [6.07, 6.45) is 4.30. The van der Waals surface area contributed by atoms with E-state index in [0.717, 1.165) is 25.1 Å². The van der Waals surface area contributed by atoms with Crippen LogP contribution in [0.25, 0.3) is 0 Å². The Kier molecular flexibility index (Phi) is 9.95. The summed E-state index contributed by atoms with van der Waals surface area (Å²) in [6.45, 7) is 2.63. The van der Waals surface area contributed by atoms with Crippen LogP contribution in [0.2, 0.25) is 0 Å². The second kappa shape index (κ2) is 10.4. The third-order valence-corrected chi connectivity index (χ3v) is 2.86. The molecule has 100 valence electrons. The maximum Gasteiger partial charge on any atom is 0.329 e. The highest BCUT2D eigenvalue weighted by atomic mass is 32.2. The fourth-order valence-corrected chi connectivity index (χ4v) is 1.82. The van der Waals surface area contributed by atoms with E-state index in [-0.39, 0.29) is 5.91 Å². The molecule has 0 aliphatic heterocycles. The van der Waals surface area contributed by atoms with E-state index >= 15 is 0 Å². The summed E-state index contributed by atoms with van der Waals surface area (Å²) in [7, 11) is 1.32. The van der Waals surface area contributed by atoms with Crippen LogP contribution < -0.4 is 10.6 Å². The van der Waals surface area contributed by atoms with Crippen LogP contribution in [0.5, 0.6) is 0 Å². The van der Waals surface area contributed by atoms with Crippen LogP contribution in [0.3, 0.4) is 0 Å². The average Bonchev–Trinajstić information content (AvgIpc) is 2.30. The summed E-state index contributed by atoms with van der Waals surface area (Å²) in [4.78, 5) is 22.2. The van der Waals surface area contributed by atoms with Crippen LogP contribution >= 0.6 is 11.8 Å². The van der Waals surface area contributed by atoms with Gasteiger partial charge in [-0.15, -0.1) is 0 Å². The fraction of sp³-hybridized carbons (Fsp3) is 0.818. The van der Waals surface area contributed by atoms with Crippen LogP contribution in [0, 0.1) is 0 Å². The van der Waals surface area contributed by atoms with E-state index in [9.17, 15) is 9.59 Å². The summed E-state index contributed by atoms with van der Waals surface area (Å²) in [6, 6.07) is -0.599. The monoisotopic (exact) mass is 262 g/mol. The first-order valence-corrected chi connectivity index (χ1v) is 7.05. The van der Waals surface area contributed by atoms with Crippen molar-refractivity contribution in [1.82, 2.24) is 10.6 Å². The zero-order valence-corrected chi connectivity index (χ0v) is 11.6. The number of hydrogen-bond donors (Lipinski definition) is 2. The van der Waals surface area contributed by atoms with Gasteiger partial charge in [-0.1, -0.05) is 0 Å². The van der Waals surface area contributed by atoms with Crippen LogP contribution in [0.4, 0.5) is 0 Å². The zero-order valence-electron chi connectivity index (χ0n) is 10.7. The number of amides is 1. The molecule has 2 N–H and O–H groups in total. The second-order valence-corrected chi connectivity index (χ2v) is 4.67. The Hall–Kier alpha value is -0.750. The third-order valence-electron chi connectivity index (χ3n) is 2.16. The predicted molar refractivity (Wildman–Crippen MR) is 70.1 cm³/mol. The Morgan fingerprint density at radius 2 is 2.06 bits per heavy atom. The minimum Gasteiger partial charge on any atom is -0.467 e. The molecule has 0 aromatic heterocycles. The first-order valence-electron chi connectivity index (χ1n) is 5.66. The Morgan fingerprint density at radius 3 is 2.59 bits per heavy atom. The number of unbranched alkanes of at least 4 members (excludes halogenated alkanes) is 1. The lowest BCUT2D eigenvalue weighted by atomic mass is 10.2. The zero-order chi connectivity index (χ0) is 13.1. The molecule has 0 bridgehead atoms. The third kappa shape index (κ3) is 9.00. The largest absolute Gasteiger partial charge is 0.467 e. The van der Waals surface area contributed by atoms with Crippen molar-refractivity contribution < 1.29 is 14.3 Å². The van der Waals surface area contributed by atoms with Gasteiger partial charge in [0.05, 0.1) is 7.11 Å². The Bertz CT molecular complexity index is 237. The molecule has 0 fully saturated rings. The van der Waals surface area contributed by atoms with Crippen molar-refractivity contribution in [1.29, 1.82) is 0 Å². The van der Waals surface area contributed by atoms with Crippen molar-refractivity contribution >= 4 is 23.6 Å². The van der Waals surface area contributed by atoms with Crippen molar-refractivity contribution in [3.05, 3.63) is 0 Å². The normalized spacial score (nSPS) is 11.9. The number of nitrogens with one attached hydrogen (secondary N) is 2. The highest BCUT2D eigenvalue weighted by molar-refractivity contribution is 7.98. The van der Waals surface area contributed by atoms with E-state index in [1.54, 1.807) is 0 Å². The van der Waals surface area contributed by atoms with Crippen molar-refractivity contribution in [2.24, 2.45) is 0 Å². The predicted octanol–water partition coefficient (Wildman–Crippen LogP) is 0.397. The molecular weight excluding hydrogens is 240 g/mol. The van der Waals surface area contributed by atoms with Gasteiger partial charge in [0.2, 0.25) is 5.91 Å². The van der Waals surface area contributed by atoms with Gasteiger partial charge in [0.15, 0.2) is 0 Å². The Balaban J connectivity index is 3.76. The number of rotatable bonds is 9. The number of esters is 1. The highest BCUT2D eigenvalue weighted by Gasteiger charge is 2.18. The Labute approximate surface area is 107 Å². The van der Waals surface area contributed by atoms with Gasteiger partial charge in [-0.3, -0.25) is 4.79 Å². The van der Waals surface area contributed by atoms with Crippen LogP contribution in [-0.2, 0) is 14.3 Å². The molecule has 6 heteroatoms. The molecule has 0 aromatic rings. The second-order valence-electron chi connectivity index (χ2n) is 3.68. The SMILES string of the molecule is COC(=O)C(CNCCCCSC)NC(C)=O. The lowest BCUT2D eigenvalue weighted by Gasteiger charge is -2.15. The molecule has 0 spiro atoms. The quantitative estimate of drug-likeness (QED) is 0.465. The first-order chi connectivity index (χ1) is 8.11. The van der Waals surface area contributed by atoms with Crippen molar-refractivity contribution in [2.45, 2.75) is 25.8 Å². The maximum absolute atomic E-state index is 11.3. The highest BCUT2D eigenvalue weighted by Crippen LogP contribution is 1.97. The number of carbonyl (C=O) groups is 2. The van der Waals surface area contributed by atoms with Gasteiger partial charge in [0.1, 0.15) is 6.04 Å². The number of hydrogen-bond acceptors (Lipinski definition) is 5. The van der Waals surface area contributed by atoms with Gasteiger partial charge in [0, 0.05) is 13.5 Å². The smallest absolute Gasteiger partial charge is 0.329 e. The maximum atomic E-state index is 11.3. The lowest BCUT2D eigenvalue weighted by Crippen LogP contribution is -2.47. The van der Waals surface area contributed by atoms with Gasteiger partial charge >= 0.3 is 5.97 Å². The first kappa shape index (κ1) is 16.2. The molecule has 0 aromatic carbocycles. The summed E-state index contributed by atoms with van der Waals surface area (Å²) < 4.78 is 4.61. The fourth-order valence-electron chi connectivity index (χ4n) is 1.32. The molecule has 0 heterocycles. The molecule has 0 aliphatic carbocycles. The summed E-state index contributed by atoms with van der Waals surface area (Å²) >= 11 is 1.82. The topological polar surface area (TPSA) is 67.4 Å². The van der Waals surface area contributed by atoms with Gasteiger partial charge < -0.3 is 15.4 Å². The van der Waals surface area contributed by atoms with E-state index in [0.29, 0.717) is 6.54 Å². The number of ether oxygens (including phenoxy) is 1. The van der Waals surface area contributed by atoms with Crippen molar-refractivity contribution in [3.8, 4) is 0 Å². The molecule has 0 aliphatic rings. The van der Waals surface area contributed by atoms with Gasteiger partial charge in [0.25, 0.3) is 0 Å². The van der Waals surface area contributed by atoms with Gasteiger partial charge in [-0.25, -0.2) is 4.79 Å². The lowest BCUT2D eigenvalue weighted by molar-refractivity contribution is -0.144. The minimum atomic E-state index is -0.599. The molecule has 1 unspecified atom stereocenters. The average molecular weight is 262 g/mol. The van der Waals surface area contributed by atoms with Crippen LogP contribution in [0.1, 0.15) is 19.8 Å². The summed E-state index contributed by atoms with van der Waals surface area (Å²) in [5.74, 6) is 0.495. The summed E-state index contributed by atoms with van der Waals surface area (Å²) in [5.41, 5.74) is 0. The van der Waals surface area contributed by atoms with Gasteiger partial charge in [-0.05, 0) is 31.4 Å². The number of methoxy groups -OCH3 is 1. The molecule has 0 rings (SSSR count).